The van der Waals surface area contributed by atoms with Gasteiger partial charge in [0.2, 0.25) is 0 Å². The van der Waals surface area contributed by atoms with Crippen molar-refractivity contribution in [3.63, 3.8) is 0 Å². The highest BCUT2D eigenvalue weighted by Crippen LogP contribution is 2.28. The second kappa shape index (κ2) is 9.78. The molecule has 0 saturated carbocycles. The van der Waals surface area contributed by atoms with E-state index in [1.807, 2.05) is 46.8 Å². The molecule has 0 aliphatic carbocycles. The van der Waals surface area contributed by atoms with Gasteiger partial charge in [0.25, 0.3) is 0 Å². The Morgan fingerprint density at radius 3 is 2.20 bits per heavy atom. The summed E-state index contributed by atoms with van der Waals surface area (Å²) in [5.74, 6) is 0. The molecule has 1 saturated heterocycles. The van der Waals surface area contributed by atoms with Crippen molar-refractivity contribution in [2.75, 3.05) is 18.5 Å². The quantitative estimate of drug-likeness (QED) is 0.780. The van der Waals surface area contributed by atoms with E-state index >= 15 is 0 Å². The monoisotopic (exact) mass is 298 g/mol. The molecule has 1 aromatic rings. The van der Waals surface area contributed by atoms with Crippen molar-refractivity contribution < 1.29 is 4.74 Å². The van der Waals surface area contributed by atoms with E-state index in [4.69, 9.17) is 21.7 Å². The van der Waals surface area contributed by atoms with Gasteiger partial charge in [-0.25, -0.2) is 0 Å². The van der Waals surface area contributed by atoms with Gasteiger partial charge >= 0.3 is 0 Å². The van der Waals surface area contributed by atoms with Crippen molar-refractivity contribution in [2.24, 2.45) is 0 Å². The lowest BCUT2D eigenvalue weighted by Crippen LogP contribution is -2.40. The topological polar surface area (TPSA) is 45.1 Å². The fourth-order valence-corrected chi connectivity index (χ4v) is 2.19. The summed E-state index contributed by atoms with van der Waals surface area (Å²) in [6, 6.07) is 4.26. The third-order valence-corrected chi connectivity index (χ3v) is 2.91. The number of nitrogens with one attached hydrogen (secondary N) is 2. The predicted octanol–water partition coefficient (Wildman–Crippen LogP) is 4.90. The Morgan fingerprint density at radius 1 is 1.25 bits per heavy atom. The number of aryl methyl sites for hydroxylation is 1. The predicted molar refractivity (Wildman–Crippen MR) is 89.6 cm³/mol. The first-order valence-electron chi connectivity index (χ1n) is 7.28. The molecule has 114 valence electrons. The molecule has 3 nitrogen and oxygen atoms in total. The number of anilines is 1. The van der Waals surface area contributed by atoms with Crippen molar-refractivity contribution in [2.45, 2.75) is 47.6 Å². The van der Waals surface area contributed by atoms with E-state index in [0.29, 0.717) is 16.8 Å². The standard InChI is InChI=1S/C12H15ClN2O.2C2H6/c1-7-3-10(13)12(8(2)14)11(4-7)15-9-5-16-6-9;2*1-2/h3-4,9,14-15H,5-6H2,1-2H3;2*1-2H3. The van der Waals surface area contributed by atoms with Crippen LogP contribution < -0.4 is 5.32 Å². The smallest absolute Gasteiger partial charge is 0.0728 e. The van der Waals surface area contributed by atoms with E-state index < -0.39 is 0 Å². The number of hydrogen-bond donors (Lipinski definition) is 2. The maximum atomic E-state index is 7.75. The fraction of sp³-hybridized carbons (Fsp3) is 0.562. The molecule has 0 amide bonds. The van der Waals surface area contributed by atoms with Crippen LogP contribution in [0.5, 0.6) is 0 Å². The maximum absolute atomic E-state index is 7.75. The second-order valence-electron chi connectivity index (χ2n) is 4.17. The van der Waals surface area contributed by atoms with Crippen LogP contribution >= 0.6 is 11.6 Å². The van der Waals surface area contributed by atoms with Crippen LogP contribution in [0.4, 0.5) is 5.69 Å². The fourth-order valence-electron chi connectivity index (χ4n) is 1.78. The summed E-state index contributed by atoms with van der Waals surface area (Å²) in [6.07, 6.45) is 0. The molecule has 2 N–H and O–H groups in total. The van der Waals surface area contributed by atoms with E-state index in [0.717, 1.165) is 30.0 Å². The average Bonchev–Trinajstić information content (AvgIpc) is 2.37. The van der Waals surface area contributed by atoms with Crippen LogP contribution in [0.2, 0.25) is 5.02 Å². The lowest BCUT2D eigenvalue weighted by molar-refractivity contribution is 0.0211. The van der Waals surface area contributed by atoms with E-state index in [1.165, 1.54) is 0 Å². The Bertz CT molecular complexity index is 429. The first kappa shape index (κ1) is 18.9. The first-order valence-corrected chi connectivity index (χ1v) is 7.65. The zero-order valence-electron chi connectivity index (χ0n) is 13.4. The van der Waals surface area contributed by atoms with Crippen LogP contribution in [0.25, 0.3) is 0 Å². The Labute approximate surface area is 128 Å². The summed E-state index contributed by atoms with van der Waals surface area (Å²) in [6.45, 7) is 13.2. The Morgan fingerprint density at radius 2 is 1.80 bits per heavy atom. The lowest BCUT2D eigenvalue weighted by Gasteiger charge is -2.29. The van der Waals surface area contributed by atoms with Crippen LogP contribution in [0, 0.1) is 12.3 Å². The zero-order chi connectivity index (χ0) is 15.7. The molecular weight excluding hydrogens is 272 g/mol. The van der Waals surface area contributed by atoms with Gasteiger partial charge in [-0.1, -0.05) is 39.3 Å². The van der Waals surface area contributed by atoms with Crippen molar-refractivity contribution in [3.05, 3.63) is 28.3 Å². The summed E-state index contributed by atoms with van der Waals surface area (Å²) in [4.78, 5) is 0. The van der Waals surface area contributed by atoms with Gasteiger partial charge in [0.15, 0.2) is 0 Å². The molecule has 1 aliphatic rings. The van der Waals surface area contributed by atoms with Gasteiger partial charge in [0.05, 0.1) is 24.3 Å². The summed E-state index contributed by atoms with van der Waals surface area (Å²) in [7, 11) is 0. The maximum Gasteiger partial charge on any atom is 0.0728 e. The average molecular weight is 299 g/mol. The van der Waals surface area contributed by atoms with Gasteiger partial charge in [-0.2, -0.15) is 0 Å². The number of rotatable bonds is 3. The molecule has 0 atom stereocenters. The molecule has 20 heavy (non-hydrogen) atoms. The molecule has 1 fully saturated rings. The molecule has 1 aliphatic heterocycles. The largest absolute Gasteiger partial charge is 0.377 e. The van der Waals surface area contributed by atoms with Crippen LogP contribution in [-0.4, -0.2) is 25.0 Å². The minimum atomic E-state index is 0.343. The third-order valence-electron chi connectivity index (χ3n) is 2.61. The van der Waals surface area contributed by atoms with Crippen LogP contribution in [0.15, 0.2) is 12.1 Å². The molecule has 1 heterocycles. The van der Waals surface area contributed by atoms with Gasteiger partial charge in [-0.3, -0.25) is 0 Å². The Hall–Kier alpha value is -1.06. The molecule has 2 rings (SSSR count). The van der Waals surface area contributed by atoms with Gasteiger partial charge in [-0.15, -0.1) is 0 Å². The molecule has 0 aromatic heterocycles. The number of ether oxygens (including phenoxy) is 1. The first-order chi connectivity index (χ1) is 9.58. The van der Waals surface area contributed by atoms with E-state index in [1.54, 1.807) is 6.92 Å². The van der Waals surface area contributed by atoms with E-state index in [2.05, 4.69) is 5.32 Å². The van der Waals surface area contributed by atoms with Gasteiger partial charge in [-0.05, 0) is 31.5 Å². The highest BCUT2D eigenvalue weighted by atomic mass is 35.5. The van der Waals surface area contributed by atoms with E-state index in [9.17, 15) is 0 Å². The minimum absolute atomic E-state index is 0.343. The van der Waals surface area contributed by atoms with Crippen molar-refractivity contribution in [1.29, 1.82) is 5.41 Å². The Kier molecular flexibility index (Phi) is 9.26. The highest BCUT2D eigenvalue weighted by molar-refractivity contribution is 6.35. The molecule has 1 aromatic carbocycles. The number of halogens is 1. The van der Waals surface area contributed by atoms with Crippen molar-refractivity contribution >= 4 is 23.0 Å². The number of hydrogen-bond acceptors (Lipinski definition) is 3. The van der Waals surface area contributed by atoms with Crippen LogP contribution in [0.1, 0.15) is 45.7 Å². The van der Waals surface area contributed by atoms with Crippen molar-refractivity contribution in [3.8, 4) is 0 Å². The number of benzene rings is 1. The van der Waals surface area contributed by atoms with Crippen LogP contribution in [-0.2, 0) is 4.74 Å². The van der Waals surface area contributed by atoms with E-state index in [-0.39, 0.29) is 0 Å². The van der Waals surface area contributed by atoms with Gasteiger partial charge in [0, 0.05) is 17.0 Å². The summed E-state index contributed by atoms with van der Waals surface area (Å²) >= 11 is 6.16. The minimum Gasteiger partial charge on any atom is -0.377 e. The second-order valence-corrected chi connectivity index (χ2v) is 4.58. The highest BCUT2D eigenvalue weighted by Gasteiger charge is 2.20. The summed E-state index contributed by atoms with van der Waals surface area (Å²) < 4.78 is 5.12. The normalized spacial score (nSPS) is 13.2. The van der Waals surface area contributed by atoms with Crippen LogP contribution in [0.3, 0.4) is 0 Å². The Balaban J connectivity index is 0.000000829. The SMILES string of the molecule is CC.CC.CC(=N)c1c(Cl)cc(C)cc1NC1COC1. The van der Waals surface area contributed by atoms with Crippen molar-refractivity contribution in [1.82, 2.24) is 0 Å². The molecular formula is C16H27ClN2O. The van der Waals surface area contributed by atoms with Gasteiger partial charge < -0.3 is 15.5 Å². The zero-order valence-corrected chi connectivity index (χ0v) is 14.2. The summed E-state index contributed by atoms with van der Waals surface area (Å²) in [5.41, 5.74) is 3.30. The third kappa shape index (κ3) is 5.14. The molecule has 0 radical (unpaired) electrons. The van der Waals surface area contributed by atoms with Gasteiger partial charge in [0.1, 0.15) is 0 Å². The molecule has 0 unspecified atom stereocenters. The molecule has 0 spiro atoms. The molecule has 0 bridgehead atoms. The lowest BCUT2D eigenvalue weighted by atomic mass is 10.0. The summed E-state index contributed by atoms with van der Waals surface area (Å²) in [5, 5.41) is 11.7. The molecule has 4 heteroatoms.